The molecule has 2 atom stereocenters. The lowest BCUT2D eigenvalue weighted by Crippen LogP contribution is -2.53. The van der Waals surface area contributed by atoms with Crippen molar-refractivity contribution >= 4 is 39.1 Å². The number of sulfonamides is 1. The Labute approximate surface area is 214 Å². The topological polar surface area (TPSA) is 86.8 Å². The van der Waals surface area contributed by atoms with Gasteiger partial charge in [-0.15, -0.1) is 0 Å². The number of hydrogen-bond donors (Lipinski definition) is 1. The summed E-state index contributed by atoms with van der Waals surface area (Å²) in [6.45, 7) is 7.39. The summed E-state index contributed by atoms with van der Waals surface area (Å²) in [5, 5.41) is 3.52. The number of carbonyl (C=O) groups excluding carboxylic acids is 2. The number of amides is 2. The summed E-state index contributed by atoms with van der Waals surface area (Å²) in [4.78, 5) is 28.3. The highest BCUT2D eigenvalue weighted by Gasteiger charge is 2.32. The Morgan fingerprint density at radius 2 is 1.63 bits per heavy atom. The van der Waals surface area contributed by atoms with Crippen molar-refractivity contribution in [3.63, 3.8) is 0 Å². The quantitative estimate of drug-likeness (QED) is 0.448. The van der Waals surface area contributed by atoms with E-state index in [0.717, 1.165) is 28.1 Å². The molecule has 0 aliphatic heterocycles. The van der Waals surface area contributed by atoms with Gasteiger partial charge in [0.15, 0.2) is 0 Å². The fourth-order valence-electron chi connectivity index (χ4n) is 3.79. The van der Waals surface area contributed by atoms with Crippen molar-refractivity contribution in [1.82, 2.24) is 10.2 Å². The lowest BCUT2D eigenvalue weighted by Gasteiger charge is -2.33. The van der Waals surface area contributed by atoms with Crippen molar-refractivity contribution in [2.45, 2.75) is 65.6 Å². The van der Waals surface area contributed by atoms with E-state index < -0.39 is 28.5 Å². The number of hydrogen-bond acceptors (Lipinski definition) is 4. The van der Waals surface area contributed by atoms with Gasteiger partial charge < -0.3 is 10.2 Å². The molecule has 2 rings (SSSR count). The second-order valence-electron chi connectivity index (χ2n) is 8.64. The molecule has 0 saturated heterocycles. The maximum Gasteiger partial charge on any atom is 0.244 e. The molecule has 2 aromatic carbocycles. The van der Waals surface area contributed by atoms with E-state index in [1.165, 1.54) is 4.90 Å². The number of nitrogens with zero attached hydrogens (tertiary/aromatic N) is 2. The minimum absolute atomic E-state index is 0.0482. The third kappa shape index (κ3) is 7.97. The average Bonchev–Trinajstić information content (AvgIpc) is 2.82. The maximum absolute atomic E-state index is 13.7. The lowest BCUT2D eigenvalue weighted by molar-refractivity contribution is -0.140. The number of carbonyl (C=O) groups is 2. The lowest BCUT2D eigenvalue weighted by atomic mass is 10.1. The van der Waals surface area contributed by atoms with Crippen LogP contribution in [0.4, 0.5) is 5.69 Å². The summed E-state index contributed by atoms with van der Waals surface area (Å²) in [6.07, 6.45) is 2.83. The van der Waals surface area contributed by atoms with Crippen LogP contribution in [0, 0.1) is 0 Å². The van der Waals surface area contributed by atoms with Gasteiger partial charge in [0, 0.05) is 17.6 Å². The predicted molar refractivity (Wildman–Crippen MR) is 142 cm³/mol. The Morgan fingerprint density at radius 1 is 1.00 bits per heavy atom. The molecule has 2 aromatic rings. The van der Waals surface area contributed by atoms with Crippen molar-refractivity contribution in [1.29, 1.82) is 0 Å². The zero-order valence-electron chi connectivity index (χ0n) is 21.1. The van der Waals surface area contributed by atoms with E-state index in [9.17, 15) is 18.0 Å². The smallest absolute Gasteiger partial charge is 0.244 e. The molecule has 0 heterocycles. The van der Waals surface area contributed by atoms with E-state index >= 15 is 0 Å². The fraction of sp³-hybridized carbons (Fsp3) is 0.462. The van der Waals surface area contributed by atoms with Crippen LogP contribution in [0.3, 0.4) is 0 Å². The van der Waals surface area contributed by atoms with E-state index in [1.54, 1.807) is 36.4 Å². The molecule has 7 nitrogen and oxygen atoms in total. The first-order valence-electron chi connectivity index (χ1n) is 11.9. The van der Waals surface area contributed by atoms with Crippen molar-refractivity contribution in [2.75, 3.05) is 17.1 Å². The summed E-state index contributed by atoms with van der Waals surface area (Å²) in [5.41, 5.74) is 2.07. The van der Waals surface area contributed by atoms with Gasteiger partial charge in [-0.3, -0.25) is 13.9 Å². The summed E-state index contributed by atoms with van der Waals surface area (Å²) in [7, 11) is -3.77. The van der Waals surface area contributed by atoms with Crippen molar-refractivity contribution in [3.05, 3.63) is 64.7 Å². The van der Waals surface area contributed by atoms with Gasteiger partial charge in [-0.2, -0.15) is 0 Å². The Kier molecular flexibility index (Phi) is 10.6. The molecule has 0 spiro atoms. The second-order valence-corrected chi connectivity index (χ2v) is 11.0. The molecule has 35 heavy (non-hydrogen) atoms. The first-order valence-corrected chi connectivity index (χ1v) is 14.1. The van der Waals surface area contributed by atoms with Crippen LogP contribution < -0.4 is 9.62 Å². The van der Waals surface area contributed by atoms with E-state index in [4.69, 9.17) is 11.6 Å². The largest absolute Gasteiger partial charge is 0.352 e. The number of rotatable bonds is 12. The molecule has 192 valence electrons. The summed E-state index contributed by atoms with van der Waals surface area (Å²) in [6, 6.07) is 13.4. The molecule has 0 aliphatic carbocycles. The van der Waals surface area contributed by atoms with Crippen LogP contribution in [0.1, 0.15) is 51.7 Å². The molecular formula is C26H36ClN3O4S. The van der Waals surface area contributed by atoms with Gasteiger partial charge in [-0.1, -0.05) is 62.7 Å². The summed E-state index contributed by atoms with van der Waals surface area (Å²) >= 11 is 6.02. The number of aryl methyl sites for hydroxylation is 1. The van der Waals surface area contributed by atoms with E-state index in [2.05, 4.69) is 5.32 Å². The first kappa shape index (κ1) is 28.7. The molecular weight excluding hydrogens is 486 g/mol. The molecule has 0 bridgehead atoms. The van der Waals surface area contributed by atoms with Crippen LogP contribution >= 0.6 is 11.6 Å². The van der Waals surface area contributed by atoms with E-state index in [1.807, 2.05) is 39.8 Å². The molecule has 0 saturated carbocycles. The number of benzene rings is 2. The molecule has 1 N–H and O–H groups in total. The molecule has 0 fully saturated rings. The van der Waals surface area contributed by atoms with Gasteiger partial charge in [0.25, 0.3) is 0 Å². The van der Waals surface area contributed by atoms with Gasteiger partial charge in [-0.25, -0.2) is 8.42 Å². The number of para-hydroxylation sites is 1. The highest BCUT2D eigenvalue weighted by Crippen LogP contribution is 2.24. The van der Waals surface area contributed by atoms with Gasteiger partial charge in [0.2, 0.25) is 21.8 Å². The normalized spacial score (nSPS) is 13.1. The minimum atomic E-state index is -3.77. The van der Waals surface area contributed by atoms with Gasteiger partial charge in [0.05, 0.1) is 11.9 Å². The average molecular weight is 522 g/mol. The number of nitrogens with one attached hydrogen (secondary N) is 1. The Balaban J connectivity index is 2.46. The number of halogens is 1. The Morgan fingerprint density at radius 3 is 2.17 bits per heavy atom. The third-order valence-corrected chi connectivity index (χ3v) is 7.35. The van der Waals surface area contributed by atoms with Crippen molar-refractivity contribution in [2.24, 2.45) is 0 Å². The molecule has 2 unspecified atom stereocenters. The molecule has 2 amide bonds. The molecule has 0 aliphatic rings. The van der Waals surface area contributed by atoms with Gasteiger partial charge in [0.1, 0.15) is 12.6 Å². The molecule has 9 heteroatoms. The van der Waals surface area contributed by atoms with Crippen molar-refractivity contribution in [3.8, 4) is 0 Å². The van der Waals surface area contributed by atoms with E-state index in [-0.39, 0.29) is 18.5 Å². The van der Waals surface area contributed by atoms with Crippen LogP contribution in [0.5, 0.6) is 0 Å². The summed E-state index contributed by atoms with van der Waals surface area (Å²) in [5.74, 6) is -0.716. The fourth-order valence-corrected chi connectivity index (χ4v) is 4.80. The van der Waals surface area contributed by atoms with Crippen LogP contribution in [-0.2, 0) is 32.6 Å². The second kappa shape index (κ2) is 12.9. The minimum Gasteiger partial charge on any atom is -0.352 e. The number of anilines is 1. The third-order valence-electron chi connectivity index (χ3n) is 5.97. The highest BCUT2D eigenvalue weighted by atomic mass is 35.5. The van der Waals surface area contributed by atoms with Crippen LogP contribution in [0.2, 0.25) is 5.02 Å². The SMILES string of the molecule is CCc1ccccc1N(CC(=O)N(Cc1ccc(Cl)cc1)C(CC)C(=O)NC(C)CC)S(C)(=O)=O. The van der Waals surface area contributed by atoms with Gasteiger partial charge >= 0.3 is 0 Å². The van der Waals surface area contributed by atoms with E-state index in [0.29, 0.717) is 23.6 Å². The first-order chi connectivity index (χ1) is 16.5. The highest BCUT2D eigenvalue weighted by molar-refractivity contribution is 7.92. The van der Waals surface area contributed by atoms with Crippen LogP contribution in [0.25, 0.3) is 0 Å². The standard InChI is InChI=1S/C26H36ClN3O4S/c1-6-19(4)28-26(32)23(8-3)29(17-20-13-15-22(27)16-14-20)25(31)18-30(35(5,33)34)24-12-10-9-11-21(24)7-2/h9-16,19,23H,6-8,17-18H2,1-5H3,(H,28,32). The van der Waals surface area contributed by atoms with Crippen molar-refractivity contribution < 1.29 is 18.0 Å². The van der Waals surface area contributed by atoms with Crippen LogP contribution in [0.15, 0.2) is 48.5 Å². The van der Waals surface area contributed by atoms with Gasteiger partial charge in [-0.05, 0) is 55.5 Å². The van der Waals surface area contributed by atoms with Crippen LogP contribution in [-0.4, -0.2) is 50.0 Å². The Hall–Kier alpha value is -2.58. The zero-order chi connectivity index (χ0) is 26.2. The monoisotopic (exact) mass is 521 g/mol. The molecule has 0 radical (unpaired) electrons. The summed E-state index contributed by atoms with van der Waals surface area (Å²) < 4.78 is 26.7. The predicted octanol–water partition coefficient (Wildman–Crippen LogP) is 4.39. The zero-order valence-corrected chi connectivity index (χ0v) is 22.7. The molecule has 0 aromatic heterocycles. The Bertz CT molecular complexity index is 1110. The maximum atomic E-state index is 13.7.